The van der Waals surface area contributed by atoms with E-state index in [4.69, 9.17) is 28.5 Å². The summed E-state index contributed by atoms with van der Waals surface area (Å²) in [6.45, 7) is 5.15. The summed E-state index contributed by atoms with van der Waals surface area (Å²) in [7, 11) is 0. The number of nitrogens with one attached hydrogen (secondary N) is 1. The van der Waals surface area contributed by atoms with Crippen LogP contribution in [0.25, 0.3) is 11.0 Å². The second-order valence-electron chi connectivity index (χ2n) is 10.0. The van der Waals surface area contributed by atoms with E-state index in [1.165, 1.54) is 6.26 Å². The van der Waals surface area contributed by atoms with Crippen LogP contribution in [0, 0.1) is 5.92 Å². The van der Waals surface area contributed by atoms with Gasteiger partial charge in [0.1, 0.15) is 5.58 Å². The average molecular weight is 573 g/mol. The predicted octanol–water partition coefficient (Wildman–Crippen LogP) is 2.31. The molecule has 0 unspecified atom stereocenters. The second kappa shape index (κ2) is 15.7. The number of hydrogen-bond donors (Lipinski definition) is 2. The normalized spacial score (nSPS) is 20.7. The Kier molecular flexibility index (Phi) is 11.7. The van der Waals surface area contributed by atoms with Gasteiger partial charge < -0.3 is 38.7 Å². The molecule has 2 N–H and O–H groups in total. The smallest absolute Gasteiger partial charge is 0.286 e. The molecular weight excluding hydrogens is 532 g/mol. The number of fused-ring (bicyclic) bond motifs is 1. The largest absolute Gasteiger partial charge is 0.464 e. The lowest BCUT2D eigenvalue weighted by Crippen LogP contribution is -2.40. The van der Waals surface area contributed by atoms with Crippen molar-refractivity contribution in [3.63, 3.8) is 0 Å². The van der Waals surface area contributed by atoms with E-state index in [1.54, 1.807) is 30.3 Å². The van der Waals surface area contributed by atoms with Crippen molar-refractivity contribution in [3.8, 4) is 0 Å². The van der Waals surface area contributed by atoms with Crippen LogP contribution in [-0.2, 0) is 28.5 Å². The molecule has 1 aromatic heterocycles. The van der Waals surface area contributed by atoms with Crippen LogP contribution in [0.3, 0.4) is 0 Å². The molecule has 2 aliphatic rings. The van der Waals surface area contributed by atoms with Gasteiger partial charge in [-0.3, -0.25) is 14.4 Å². The molecule has 1 fully saturated rings. The Morgan fingerprint density at radius 2 is 1.95 bits per heavy atom. The monoisotopic (exact) mass is 572 g/mol. The number of aliphatic hydroxyl groups is 1. The van der Waals surface area contributed by atoms with Crippen LogP contribution in [0.1, 0.15) is 44.1 Å². The molecule has 1 aromatic carbocycles. The van der Waals surface area contributed by atoms with Gasteiger partial charge in [-0.05, 0) is 44.4 Å². The number of likely N-dealkylation sites (tertiary alicyclic amines) is 1. The zero-order valence-electron chi connectivity index (χ0n) is 23.5. The number of nitrogens with zero attached hydrogens (tertiary/aromatic N) is 1. The number of rotatable bonds is 16. The first kappa shape index (κ1) is 30.7. The maximum absolute atomic E-state index is 13.6. The summed E-state index contributed by atoms with van der Waals surface area (Å²) in [6.07, 6.45) is 4.90. The number of carbonyl (C=O) groups excluding carboxylic acids is 2. The van der Waals surface area contributed by atoms with Gasteiger partial charge in [-0.25, -0.2) is 0 Å². The molecule has 3 heterocycles. The third-order valence-corrected chi connectivity index (χ3v) is 7.27. The highest BCUT2D eigenvalue weighted by molar-refractivity contribution is 5.91. The van der Waals surface area contributed by atoms with Gasteiger partial charge in [0.15, 0.2) is 11.2 Å². The fraction of sp³-hybridized carbons (Fsp3) is 0.567. The molecule has 11 heteroatoms. The summed E-state index contributed by atoms with van der Waals surface area (Å²) in [6, 6.07) is 7.04. The number of carbonyl (C=O) groups is 2. The van der Waals surface area contributed by atoms with Gasteiger partial charge in [-0.15, -0.1) is 0 Å². The summed E-state index contributed by atoms with van der Waals surface area (Å²) in [5, 5.41) is 12.2. The summed E-state index contributed by atoms with van der Waals surface area (Å²) >= 11 is 0. The fourth-order valence-electron chi connectivity index (χ4n) is 5.22. The molecule has 0 saturated carbocycles. The van der Waals surface area contributed by atoms with E-state index in [1.807, 2.05) is 11.8 Å². The highest BCUT2D eigenvalue weighted by Crippen LogP contribution is 2.38. The van der Waals surface area contributed by atoms with Crippen LogP contribution >= 0.6 is 0 Å². The first-order valence-corrected chi connectivity index (χ1v) is 14.4. The Balaban J connectivity index is 1.51. The van der Waals surface area contributed by atoms with Crippen molar-refractivity contribution < 1.29 is 38.1 Å². The SMILES string of the molecule is CCO[C@H]1OC(C(=O)NCCCN2CCCC2=O)=C[C@@H](c2coc3ccccc3c2=O)[C@H]1CCOCCOCCO. The second-order valence-corrected chi connectivity index (χ2v) is 10.0. The number of ether oxygens (including phenoxy) is 4. The summed E-state index contributed by atoms with van der Waals surface area (Å²) < 4.78 is 28.8. The lowest BCUT2D eigenvalue weighted by Gasteiger charge is -2.36. The highest BCUT2D eigenvalue weighted by atomic mass is 16.7. The zero-order valence-corrected chi connectivity index (χ0v) is 23.5. The summed E-state index contributed by atoms with van der Waals surface area (Å²) in [5.74, 6) is -1.05. The van der Waals surface area contributed by atoms with Crippen LogP contribution in [0.15, 0.2) is 51.6 Å². The standard InChI is InChI=1S/C30H40N2O9/c1-2-39-30-21(10-15-37-17-18-38-16-14-33)23(24-20-40-25-8-4-3-7-22(25)28(24)35)19-26(41-30)29(36)31-11-6-13-32-12-5-9-27(32)34/h3-4,7-8,19-21,23,30,33H,2,5-6,9-18H2,1H3,(H,31,36)/t21-,23-,30+/m1/s1. The molecule has 3 atom stereocenters. The van der Waals surface area contributed by atoms with E-state index in [0.29, 0.717) is 75.3 Å². The van der Waals surface area contributed by atoms with Crippen molar-refractivity contribution in [2.24, 2.45) is 5.92 Å². The number of para-hydroxylation sites is 1. The quantitative estimate of drug-likeness (QED) is 0.290. The minimum atomic E-state index is -0.793. The highest BCUT2D eigenvalue weighted by Gasteiger charge is 2.39. The van der Waals surface area contributed by atoms with Crippen LogP contribution in [0.4, 0.5) is 0 Å². The van der Waals surface area contributed by atoms with Gasteiger partial charge in [0, 0.05) is 56.7 Å². The molecule has 2 aliphatic heterocycles. The lowest BCUT2D eigenvalue weighted by molar-refractivity contribution is -0.168. The van der Waals surface area contributed by atoms with E-state index in [9.17, 15) is 14.4 Å². The Labute approximate surface area is 239 Å². The van der Waals surface area contributed by atoms with Crippen molar-refractivity contribution >= 4 is 22.8 Å². The molecular formula is C30H40N2O9. The minimum Gasteiger partial charge on any atom is -0.464 e. The van der Waals surface area contributed by atoms with E-state index in [-0.39, 0.29) is 36.2 Å². The fourth-order valence-corrected chi connectivity index (χ4v) is 5.22. The molecule has 4 rings (SSSR count). The van der Waals surface area contributed by atoms with Crippen LogP contribution < -0.4 is 10.7 Å². The van der Waals surface area contributed by atoms with Gasteiger partial charge in [0.05, 0.1) is 38.1 Å². The number of amides is 2. The summed E-state index contributed by atoms with van der Waals surface area (Å²) in [5.41, 5.74) is 0.713. The lowest BCUT2D eigenvalue weighted by atomic mass is 9.81. The maximum Gasteiger partial charge on any atom is 0.286 e. The Morgan fingerprint density at radius 1 is 1.15 bits per heavy atom. The van der Waals surface area contributed by atoms with Gasteiger partial charge in [0.25, 0.3) is 5.91 Å². The predicted molar refractivity (Wildman–Crippen MR) is 150 cm³/mol. The molecule has 0 spiro atoms. The molecule has 1 saturated heterocycles. The third-order valence-electron chi connectivity index (χ3n) is 7.27. The van der Waals surface area contributed by atoms with Crippen LogP contribution in [0.2, 0.25) is 0 Å². The van der Waals surface area contributed by atoms with Crippen LogP contribution in [-0.4, -0.2) is 87.4 Å². The molecule has 2 amide bonds. The van der Waals surface area contributed by atoms with Crippen molar-refractivity contribution in [1.29, 1.82) is 0 Å². The van der Waals surface area contributed by atoms with Gasteiger partial charge in [-0.2, -0.15) is 0 Å². The van der Waals surface area contributed by atoms with Gasteiger partial charge in [-0.1, -0.05) is 12.1 Å². The molecule has 0 bridgehead atoms. The average Bonchev–Trinajstić information content (AvgIpc) is 3.40. The van der Waals surface area contributed by atoms with E-state index in [2.05, 4.69) is 5.32 Å². The Morgan fingerprint density at radius 3 is 2.71 bits per heavy atom. The first-order valence-electron chi connectivity index (χ1n) is 14.4. The van der Waals surface area contributed by atoms with E-state index < -0.39 is 18.1 Å². The number of allylic oxidation sites excluding steroid dienone is 1. The number of hydrogen-bond acceptors (Lipinski definition) is 9. The molecule has 224 valence electrons. The number of benzene rings is 1. The van der Waals surface area contributed by atoms with Crippen molar-refractivity contribution in [2.75, 3.05) is 59.3 Å². The summed E-state index contributed by atoms with van der Waals surface area (Å²) in [4.78, 5) is 40.4. The van der Waals surface area contributed by atoms with Gasteiger partial charge in [0.2, 0.25) is 12.2 Å². The molecule has 0 radical (unpaired) electrons. The Hall–Kier alpha value is -3.25. The topological polar surface area (TPSA) is 137 Å². The van der Waals surface area contributed by atoms with E-state index in [0.717, 1.165) is 13.0 Å². The maximum atomic E-state index is 13.6. The first-order chi connectivity index (χ1) is 20.0. The van der Waals surface area contributed by atoms with E-state index >= 15 is 0 Å². The van der Waals surface area contributed by atoms with Crippen molar-refractivity contribution in [3.05, 3.63) is 58.2 Å². The minimum absolute atomic E-state index is 0.0498. The van der Waals surface area contributed by atoms with Crippen molar-refractivity contribution in [1.82, 2.24) is 10.2 Å². The van der Waals surface area contributed by atoms with Gasteiger partial charge >= 0.3 is 0 Å². The third kappa shape index (κ3) is 8.16. The molecule has 0 aliphatic carbocycles. The molecule has 11 nitrogen and oxygen atoms in total. The van der Waals surface area contributed by atoms with Crippen molar-refractivity contribution in [2.45, 2.75) is 44.8 Å². The molecule has 41 heavy (non-hydrogen) atoms. The molecule has 2 aromatic rings. The van der Waals surface area contributed by atoms with Crippen LogP contribution in [0.5, 0.6) is 0 Å². The zero-order chi connectivity index (χ0) is 29.0. The Bertz CT molecular complexity index is 1240. The number of aliphatic hydroxyl groups excluding tert-OH is 1.